The fraction of sp³-hybridized carbons (Fsp3) is 0.562. The van der Waals surface area contributed by atoms with E-state index in [1.807, 2.05) is 0 Å². The summed E-state index contributed by atoms with van der Waals surface area (Å²) >= 11 is 0. The van der Waals surface area contributed by atoms with E-state index in [0.717, 1.165) is 12.1 Å². The monoisotopic (exact) mass is 401 g/mol. The molecule has 0 N–H and O–H groups in total. The summed E-state index contributed by atoms with van der Waals surface area (Å²) in [6.07, 6.45) is -0.792. The first kappa shape index (κ1) is 19.5. The third kappa shape index (κ3) is 3.89. The number of oxime groups is 1. The van der Waals surface area contributed by atoms with Crippen molar-refractivity contribution in [3.63, 3.8) is 0 Å². The number of nitrogens with zero attached hydrogens (tertiary/aromatic N) is 5. The van der Waals surface area contributed by atoms with E-state index >= 15 is 4.39 Å². The Labute approximate surface area is 154 Å². The average molecular weight is 401 g/mol. The van der Waals surface area contributed by atoms with Crippen LogP contribution in [-0.2, 0) is 20.2 Å². The SMILES string of the molecule is CN=S1(=O)CCC(F)(c2c(F)cc(C3=NO[C@@H](CN=[N+]=[N-])C3)cc2F)CC1. The molecule has 0 spiro atoms. The van der Waals surface area contributed by atoms with Crippen LogP contribution in [0.5, 0.6) is 0 Å². The summed E-state index contributed by atoms with van der Waals surface area (Å²) < 4.78 is 60.5. The van der Waals surface area contributed by atoms with Crippen LogP contribution in [0.3, 0.4) is 0 Å². The number of benzene rings is 1. The zero-order chi connectivity index (χ0) is 19.7. The molecule has 0 unspecified atom stereocenters. The Hall–Kier alpha value is -2.26. The van der Waals surface area contributed by atoms with Gasteiger partial charge in [-0.25, -0.2) is 21.7 Å². The van der Waals surface area contributed by atoms with E-state index in [1.54, 1.807) is 0 Å². The van der Waals surface area contributed by atoms with Crippen molar-refractivity contribution in [3.05, 3.63) is 45.3 Å². The van der Waals surface area contributed by atoms with Gasteiger partial charge in [0, 0.05) is 45.2 Å². The van der Waals surface area contributed by atoms with E-state index in [0.29, 0.717) is 5.71 Å². The van der Waals surface area contributed by atoms with Crippen LogP contribution in [0.2, 0.25) is 0 Å². The second kappa shape index (κ2) is 7.40. The maximum Gasteiger partial charge on any atom is 0.143 e. The Balaban J connectivity index is 1.84. The first-order valence-electron chi connectivity index (χ1n) is 8.33. The molecule has 11 heteroatoms. The quantitative estimate of drug-likeness (QED) is 0.435. The second-order valence-corrected chi connectivity index (χ2v) is 9.25. The third-order valence-electron chi connectivity index (χ3n) is 4.87. The smallest absolute Gasteiger partial charge is 0.143 e. The molecule has 0 aromatic heterocycles. The zero-order valence-electron chi connectivity index (χ0n) is 14.6. The summed E-state index contributed by atoms with van der Waals surface area (Å²) in [5.41, 5.74) is 5.88. The van der Waals surface area contributed by atoms with E-state index in [-0.39, 0.29) is 42.9 Å². The van der Waals surface area contributed by atoms with Crippen LogP contribution in [0.4, 0.5) is 13.2 Å². The third-order valence-corrected chi connectivity index (χ3v) is 7.22. The van der Waals surface area contributed by atoms with Gasteiger partial charge in [0.1, 0.15) is 23.4 Å². The van der Waals surface area contributed by atoms with Crippen molar-refractivity contribution in [1.82, 2.24) is 0 Å². The number of rotatable bonds is 4. The topological polar surface area (TPSA) is 99.8 Å². The van der Waals surface area contributed by atoms with Gasteiger partial charge in [-0.05, 0) is 30.5 Å². The fourth-order valence-corrected chi connectivity index (χ4v) is 5.15. The fourth-order valence-electron chi connectivity index (χ4n) is 3.29. The van der Waals surface area contributed by atoms with Crippen LogP contribution in [0, 0.1) is 11.6 Å². The molecule has 1 saturated heterocycles. The second-order valence-electron chi connectivity index (χ2n) is 6.53. The molecule has 0 saturated carbocycles. The maximum atomic E-state index is 15.3. The normalized spacial score (nSPS) is 30.2. The van der Waals surface area contributed by atoms with Gasteiger partial charge >= 0.3 is 0 Å². The molecule has 1 aromatic rings. The molecular weight excluding hydrogens is 383 g/mol. The van der Waals surface area contributed by atoms with Gasteiger partial charge in [0.05, 0.1) is 17.8 Å². The highest BCUT2D eigenvalue weighted by Gasteiger charge is 2.42. The predicted molar refractivity (Wildman–Crippen MR) is 94.6 cm³/mol. The number of halogens is 3. The highest BCUT2D eigenvalue weighted by atomic mass is 32.2. The molecule has 2 aliphatic heterocycles. The molecule has 7 nitrogen and oxygen atoms in total. The number of alkyl halides is 1. The summed E-state index contributed by atoms with van der Waals surface area (Å²) in [6, 6.07) is 2.04. The molecule has 0 radical (unpaired) electrons. The lowest BCUT2D eigenvalue weighted by atomic mass is 9.87. The zero-order valence-corrected chi connectivity index (χ0v) is 15.4. The Kier molecular flexibility index (Phi) is 5.34. The van der Waals surface area contributed by atoms with E-state index in [1.165, 1.54) is 7.05 Å². The van der Waals surface area contributed by atoms with Gasteiger partial charge in [0.2, 0.25) is 0 Å². The van der Waals surface area contributed by atoms with Gasteiger partial charge in [-0.15, -0.1) is 0 Å². The van der Waals surface area contributed by atoms with E-state index < -0.39 is 38.7 Å². The van der Waals surface area contributed by atoms with Gasteiger partial charge in [0.25, 0.3) is 0 Å². The average Bonchev–Trinajstić information content (AvgIpc) is 3.11. The van der Waals surface area contributed by atoms with Crippen molar-refractivity contribution in [2.24, 2.45) is 14.6 Å². The molecule has 2 aliphatic rings. The lowest BCUT2D eigenvalue weighted by molar-refractivity contribution is 0.0919. The lowest BCUT2D eigenvalue weighted by Gasteiger charge is -2.32. The Bertz CT molecular complexity index is 914. The first-order chi connectivity index (χ1) is 12.8. The van der Waals surface area contributed by atoms with Gasteiger partial charge < -0.3 is 4.84 Å². The Morgan fingerprint density at radius 1 is 1.37 bits per heavy atom. The predicted octanol–water partition coefficient (Wildman–Crippen LogP) is 3.82. The summed E-state index contributed by atoms with van der Waals surface area (Å²) in [4.78, 5) is 7.68. The van der Waals surface area contributed by atoms with Crippen LogP contribution >= 0.6 is 0 Å². The van der Waals surface area contributed by atoms with Crippen molar-refractivity contribution >= 4 is 15.4 Å². The summed E-state index contributed by atoms with van der Waals surface area (Å²) in [7, 11) is -1.09. The van der Waals surface area contributed by atoms with E-state index in [9.17, 15) is 13.0 Å². The molecule has 0 amide bonds. The van der Waals surface area contributed by atoms with Crippen LogP contribution in [0.25, 0.3) is 10.4 Å². The molecule has 1 atom stereocenters. The minimum Gasteiger partial charge on any atom is -0.392 e. The number of hydrogen-bond donors (Lipinski definition) is 0. The number of hydrogen-bond acceptors (Lipinski definition) is 5. The van der Waals surface area contributed by atoms with Crippen molar-refractivity contribution in [1.29, 1.82) is 0 Å². The van der Waals surface area contributed by atoms with Crippen molar-refractivity contribution in [2.75, 3.05) is 25.1 Å². The summed E-state index contributed by atoms with van der Waals surface area (Å²) in [5, 5.41) is 7.14. The Morgan fingerprint density at radius 2 is 2.00 bits per heavy atom. The molecular formula is C16H18F3N5O2S. The highest BCUT2D eigenvalue weighted by molar-refractivity contribution is 7.93. The molecule has 0 bridgehead atoms. The van der Waals surface area contributed by atoms with Crippen molar-refractivity contribution < 1.29 is 22.2 Å². The standard InChI is InChI=1S/C16H18F3N5O2S/c1-21-27(25)4-2-16(19,3-5-27)15-12(17)6-10(7-13(15)18)14-8-11(26-23-14)9-22-24-20/h6-7,11H,2-5,8-9H2,1H3/t11-,16?,27?/m1/s1. The van der Waals surface area contributed by atoms with E-state index in [2.05, 4.69) is 19.5 Å². The van der Waals surface area contributed by atoms with Crippen LogP contribution in [-0.4, -0.2) is 41.1 Å². The molecule has 27 heavy (non-hydrogen) atoms. The minimum absolute atomic E-state index is 0.0394. The molecule has 146 valence electrons. The highest BCUT2D eigenvalue weighted by Crippen LogP contribution is 2.41. The van der Waals surface area contributed by atoms with Gasteiger partial charge in [-0.1, -0.05) is 10.3 Å². The van der Waals surface area contributed by atoms with Crippen LogP contribution in [0.15, 0.2) is 26.8 Å². The molecule has 1 fully saturated rings. The lowest BCUT2D eigenvalue weighted by Crippen LogP contribution is -2.35. The van der Waals surface area contributed by atoms with Crippen LogP contribution in [0.1, 0.15) is 30.4 Å². The maximum absolute atomic E-state index is 15.3. The van der Waals surface area contributed by atoms with Crippen molar-refractivity contribution in [2.45, 2.75) is 31.0 Å². The van der Waals surface area contributed by atoms with Crippen molar-refractivity contribution in [3.8, 4) is 0 Å². The summed E-state index contributed by atoms with van der Waals surface area (Å²) in [5.74, 6) is -2.11. The minimum atomic E-state index is -2.50. The molecule has 0 aliphatic carbocycles. The van der Waals surface area contributed by atoms with Gasteiger partial charge in [-0.3, -0.25) is 0 Å². The van der Waals surface area contributed by atoms with Gasteiger partial charge in [0.15, 0.2) is 0 Å². The van der Waals surface area contributed by atoms with Crippen LogP contribution < -0.4 is 0 Å². The molecule has 2 heterocycles. The van der Waals surface area contributed by atoms with Gasteiger partial charge in [-0.2, -0.15) is 0 Å². The first-order valence-corrected chi connectivity index (χ1v) is 10.2. The summed E-state index contributed by atoms with van der Waals surface area (Å²) in [6.45, 7) is 0.0436. The largest absolute Gasteiger partial charge is 0.392 e. The number of azide groups is 1. The Morgan fingerprint density at radius 3 is 2.56 bits per heavy atom. The van der Waals surface area contributed by atoms with E-state index in [4.69, 9.17) is 10.4 Å². The molecule has 1 aromatic carbocycles. The molecule has 3 rings (SSSR count).